The van der Waals surface area contributed by atoms with Gasteiger partial charge in [0, 0.05) is 6.07 Å². The van der Waals surface area contributed by atoms with Crippen molar-refractivity contribution >= 4 is 5.91 Å². The fourth-order valence-electron chi connectivity index (χ4n) is 2.48. The summed E-state index contributed by atoms with van der Waals surface area (Å²) in [6.07, 6.45) is 0.170. The molecule has 2 aromatic carbocycles. The summed E-state index contributed by atoms with van der Waals surface area (Å²) in [5.41, 5.74) is 1.03. The van der Waals surface area contributed by atoms with Gasteiger partial charge < -0.3 is 19.5 Å². The number of nitrogens with one attached hydrogen (secondary N) is 1. The lowest BCUT2D eigenvalue weighted by Crippen LogP contribution is -2.38. The van der Waals surface area contributed by atoms with E-state index >= 15 is 0 Å². The number of rotatable bonds is 8. The van der Waals surface area contributed by atoms with Gasteiger partial charge in [-0.1, -0.05) is 25.1 Å². The van der Waals surface area contributed by atoms with Gasteiger partial charge in [0.15, 0.2) is 6.10 Å². The van der Waals surface area contributed by atoms with E-state index in [0.717, 1.165) is 17.7 Å². The number of carbonyl (C=O) groups excluding carboxylic acids is 1. The van der Waals surface area contributed by atoms with Crippen molar-refractivity contribution in [3.8, 4) is 17.2 Å². The van der Waals surface area contributed by atoms with E-state index in [1.807, 2.05) is 43.3 Å². The Morgan fingerprint density at radius 2 is 1.64 bits per heavy atom. The zero-order chi connectivity index (χ0) is 18.2. The Hall–Kier alpha value is -2.69. The standard InChI is InChI=1S/C20H25NO4/c1-5-19(15-9-11-16(23-3)12-10-15)21-20(22)14(2)25-18-8-6-7-17(13-18)24-4/h6-14,19H,5H2,1-4H3,(H,21,22)/t14-,19-/m1/s1. The molecule has 0 aliphatic rings. The van der Waals surface area contributed by atoms with Crippen LogP contribution < -0.4 is 19.5 Å². The summed E-state index contributed by atoms with van der Waals surface area (Å²) >= 11 is 0. The molecule has 0 heterocycles. The van der Waals surface area contributed by atoms with E-state index in [9.17, 15) is 4.79 Å². The highest BCUT2D eigenvalue weighted by Crippen LogP contribution is 2.22. The quantitative estimate of drug-likeness (QED) is 0.793. The Bertz CT molecular complexity index is 684. The van der Waals surface area contributed by atoms with Crippen molar-refractivity contribution in [1.29, 1.82) is 0 Å². The first kappa shape index (κ1) is 18.6. The Balaban J connectivity index is 1.99. The molecule has 0 saturated heterocycles. The van der Waals surface area contributed by atoms with Gasteiger partial charge in [-0.15, -0.1) is 0 Å². The number of benzene rings is 2. The third kappa shape index (κ3) is 5.14. The zero-order valence-corrected chi connectivity index (χ0v) is 15.1. The molecule has 0 aliphatic heterocycles. The third-order valence-electron chi connectivity index (χ3n) is 3.97. The van der Waals surface area contributed by atoms with Crippen molar-refractivity contribution in [2.45, 2.75) is 32.4 Å². The first-order valence-electron chi connectivity index (χ1n) is 8.32. The molecule has 2 atom stereocenters. The third-order valence-corrected chi connectivity index (χ3v) is 3.97. The molecule has 0 bridgehead atoms. The number of amides is 1. The maximum Gasteiger partial charge on any atom is 0.261 e. The molecular formula is C20H25NO4. The summed E-state index contributed by atoms with van der Waals surface area (Å²) in [5, 5.41) is 3.03. The van der Waals surface area contributed by atoms with Gasteiger partial charge in [-0.05, 0) is 43.2 Å². The molecule has 0 radical (unpaired) electrons. The summed E-state index contributed by atoms with van der Waals surface area (Å²) in [7, 11) is 3.22. The monoisotopic (exact) mass is 343 g/mol. The number of carbonyl (C=O) groups is 1. The van der Waals surface area contributed by atoms with Crippen molar-refractivity contribution < 1.29 is 19.0 Å². The van der Waals surface area contributed by atoms with Crippen LogP contribution in [0.1, 0.15) is 31.9 Å². The molecule has 0 spiro atoms. The molecule has 5 heteroatoms. The maximum absolute atomic E-state index is 12.5. The predicted octanol–water partition coefficient (Wildman–Crippen LogP) is 3.74. The van der Waals surface area contributed by atoms with Gasteiger partial charge in [0.2, 0.25) is 0 Å². The van der Waals surface area contributed by atoms with E-state index in [2.05, 4.69) is 5.32 Å². The number of ether oxygens (including phenoxy) is 3. The predicted molar refractivity (Wildman–Crippen MR) is 97.3 cm³/mol. The van der Waals surface area contributed by atoms with Crippen LogP contribution in [0.2, 0.25) is 0 Å². The van der Waals surface area contributed by atoms with Crippen LogP contribution in [0.3, 0.4) is 0 Å². The molecule has 1 amide bonds. The van der Waals surface area contributed by atoms with Crippen molar-refractivity contribution in [1.82, 2.24) is 5.32 Å². The summed E-state index contributed by atoms with van der Waals surface area (Å²) in [4.78, 5) is 12.5. The van der Waals surface area contributed by atoms with Crippen molar-refractivity contribution in [3.05, 3.63) is 54.1 Å². The SMILES string of the molecule is CC[C@@H](NC(=O)[C@@H](C)Oc1cccc(OC)c1)c1ccc(OC)cc1. The second kappa shape index (κ2) is 8.97. The lowest BCUT2D eigenvalue weighted by molar-refractivity contribution is -0.128. The Labute approximate surface area is 148 Å². The van der Waals surface area contributed by atoms with Gasteiger partial charge in [0.05, 0.1) is 20.3 Å². The van der Waals surface area contributed by atoms with Crippen molar-refractivity contribution in [2.75, 3.05) is 14.2 Å². The average Bonchev–Trinajstić information content (AvgIpc) is 2.66. The van der Waals surface area contributed by atoms with Crippen LogP contribution in [0.15, 0.2) is 48.5 Å². The highest BCUT2D eigenvalue weighted by atomic mass is 16.5. The fraction of sp³-hybridized carbons (Fsp3) is 0.350. The summed E-state index contributed by atoms with van der Waals surface area (Å²) in [5.74, 6) is 1.92. The number of methoxy groups -OCH3 is 2. The first-order valence-corrected chi connectivity index (χ1v) is 8.32. The van der Waals surface area contributed by atoms with Gasteiger partial charge in [-0.25, -0.2) is 0 Å². The van der Waals surface area contributed by atoms with Crippen LogP contribution in [0.5, 0.6) is 17.2 Å². The van der Waals surface area contributed by atoms with Crippen LogP contribution in [0, 0.1) is 0 Å². The Morgan fingerprint density at radius 1 is 1.00 bits per heavy atom. The van der Waals surface area contributed by atoms with Crippen LogP contribution in [-0.2, 0) is 4.79 Å². The molecule has 1 N–H and O–H groups in total. The highest BCUT2D eigenvalue weighted by Gasteiger charge is 2.19. The lowest BCUT2D eigenvalue weighted by atomic mass is 10.0. The highest BCUT2D eigenvalue weighted by molar-refractivity contribution is 5.81. The Kier molecular flexibility index (Phi) is 6.69. The van der Waals surface area contributed by atoms with Gasteiger partial charge in [-0.2, -0.15) is 0 Å². The molecule has 0 fully saturated rings. The molecule has 0 saturated carbocycles. The van der Waals surface area contributed by atoms with E-state index in [1.165, 1.54) is 0 Å². The smallest absolute Gasteiger partial charge is 0.261 e. The van der Waals surface area contributed by atoms with Crippen LogP contribution >= 0.6 is 0 Å². The van der Waals surface area contributed by atoms with E-state index in [1.54, 1.807) is 33.3 Å². The van der Waals surface area contributed by atoms with Crippen molar-refractivity contribution in [3.63, 3.8) is 0 Å². The molecule has 2 rings (SSSR count). The fourth-order valence-corrected chi connectivity index (χ4v) is 2.48. The summed E-state index contributed by atoms with van der Waals surface area (Å²) in [6, 6.07) is 14.8. The van der Waals surface area contributed by atoms with Crippen LogP contribution in [0.25, 0.3) is 0 Å². The largest absolute Gasteiger partial charge is 0.497 e. The average molecular weight is 343 g/mol. The van der Waals surface area contributed by atoms with Gasteiger partial charge in [-0.3, -0.25) is 4.79 Å². The van der Waals surface area contributed by atoms with E-state index in [4.69, 9.17) is 14.2 Å². The molecule has 2 aromatic rings. The number of hydrogen-bond donors (Lipinski definition) is 1. The maximum atomic E-state index is 12.5. The lowest BCUT2D eigenvalue weighted by Gasteiger charge is -2.21. The molecule has 0 aliphatic carbocycles. The van der Waals surface area contributed by atoms with Gasteiger partial charge >= 0.3 is 0 Å². The van der Waals surface area contributed by atoms with Crippen molar-refractivity contribution in [2.24, 2.45) is 0 Å². The zero-order valence-electron chi connectivity index (χ0n) is 15.1. The van der Waals surface area contributed by atoms with Gasteiger partial charge in [0.1, 0.15) is 17.2 Å². The van der Waals surface area contributed by atoms with Gasteiger partial charge in [0.25, 0.3) is 5.91 Å². The normalized spacial score (nSPS) is 12.8. The van der Waals surface area contributed by atoms with Crippen LogP contribution in [0.4, 0.5) is 0 Å². The minimum atomic E-state index is -0.612. The number of hydrogen-bond acceptors (Lipinski definition) is 4. The minimum Gasteiger partial charge on any atom is -0.497 e. The molecular weight excluding hydrogens is 318 g/mol. The topological polar surface area (TPSA) is 56.8 Å². The summed E-state index contributed by atoms with van der Waals surface area (Å²) < 4.78 is 16.1. The molecule has 0 unspecified atom stereocenters. The van der Waals surface area contributed by atoms with E-state index < -0.39 is 6.10 Å². The molecule has 0 aromatic heterocycles. The van der Waals surface area contributed by atoms with E-state index in [0.29, 0.717) is 11.5 Å². The summed E-state index contributed by atoms with van der Waals surface area (Å²) in [6.45, 7) is 3.76. The molecule has 5 nitrogen and oxygen atoms in total. The molecule has 25 heavy (non-hydrogen) atoms. The Morgan fingerprint density at radius 3 is 2.24 bits per heavy atom. The van der Waals surface area contributed by atoms with Crippen LogP contribution in [-0.4, -0.2) is 26.2 Å². The minimum absolute atomic E-state index is 0.0743. The molecule has 134 valence electrons. The second-order valence-electron chi connectivity index (χ2n) is 5.68. The first-order chi connectivity index (χ1) is 12.1. The second-order valence-corrected chi connectivity index (χ2v) is 5.68. The van der Waals surface area contributed by atoms with E-state index in [-0.39, 0.29) is 11.9 Å².